The second-order valence-electron chi connectivity index (χ2n) is 6.14. The Balaban J connectivity index is 1.91. The Morgan fingerprint density at radius 2 is 1.96 bits per heavy atom. The highest BCUT2D eigenvalue weighted by Crippen LogP contribution is 2.28. The van der Waals surface area contributed by atoms with E-state index in [1.165, 1.54) is 0 Å². The van der Waals surface area contributed by atoms with Crippen LogP contribution in [0.2, 0.25) is 0 Å². The van der Waals surface area contributed by atoms with Gasteiger partial charge in [0, 0.05) is 41.6 Å². The van der Waals surface area contributed by atoms with Crippen molar-refractivity contribution >= 4 is 27.7 Å². The molecule has 26 heavy (non-hydrogen) atoms. The molecule has 3 rings (SSSR count). The molecule has 136 valence electrons. The molecule has 0 N–H and O–H groups in total. The van der Waals surface area contributed by atoms with E-state index in [1.807, 2.05) is 48.5 Å². The van der Waals surface area contributed by atoms with Gasteiger partial charge < -0.3 is 14.1 Å². The van der Waals surface area contributed by atoms with Crippen LogP contribution >= 0.6 is 0 Å². The number of hydrogen-bond donors (Lipinski definition) is 0. The van der Waals surface area contributed by atoms with Crippen LogP contribution < -0.4 is 4.74 Å². The van der Waals surface area contributed by atoms with Gasteiger partial charge in [0.05, 0.1) is 12.9 Å². The van der Waals surface area contributed by atoms with Crippen molar-refractivity contribution in [1.29, 1.82) is 0 Å². The van der Waals surface area contributed by atoms with Crippen LogP contribution in [0.15, 0.2) is 52.9 Å². The number of nitrogens with zero attached hydrogens (tertiary/aromatic N) is 1. The first-order chi connectivity index (χ1) is 12.5. The average molecular weight is 371 g/mol. The summed E-state index contributed by atoms with van der Waals surface area (Å²) in [6.07, 6.45) is 1.62. The van der Waals surface area contributed by atoms with Crippen molar-refractivity contribution < 1.29 is 18.2 Å². The smallest absolute Gasteiger partial charge is 0.289 e. The summed E-state index contributed by atoms with van der Waals surface area (Å²) < 4.78 is 22.8. The van der Waals surface area contributed by atoms with Crippen molar-refractivity contribution in [3.05, 3.63) is 65.4 Å². The van der Waals surface area contributed by atoms with Gasteiger partial charge in [-0.25, -0.2) is 0 Å². The van der Waals surface area contributed by atoms with Crippen LogP contribution in [-0.4, -0.2) is 35.4 Å². The van der Waals surface area contributed by atoms with E-state index in [0.29, 0.717) is 17.7 Å². The molecule has 0 unspecified atom stereocenters. The Bertz CT molecular complexity index is 963. The fourth-order valence-electron chi connectivity index (χ4n) is 2.91. The summed E-state index contributed by atoms with van der Waals surface area (Å²) in [6.45, 7) is 0.418. The van der Waals surface area contributed by atoms with Crippen molar-refractivity contribution in [2.75, 3.05) is 20.4 Å². The zero-order valence-electron chi connectivity index (χ0n) is 15.0. The fourth-order valence-corrected chi connectivity index (χ4v) is 3.60. The Kier molecular flexibility index (Phi) is 5.42. The summed E-state index contributed by atoms with van der Waals surface area (Å²) in [6, 6.07) is 15.0. The van der Waals surface area contributed by atoms with E-state index in [9.17, 15) is 9.00 Å². The highest BCUT2D eigenvalue weighted by molar-refractivity contribution is 7.83. The van der Waals surface area contributed by atoms with E-state index in [1.54, 1.807) is 25.3 Å². The van der Waals surface area contributed by atoms with Gasteiger partial charge in [-0.3, -0.25) is 9.00 Å². The van der Waals surface area contributed by atoms with E-state index in [0.717, 1.165) is 16.7 Å². The number of ether oxygens (including phenoxy) is 1. The molecule has 6 heteroatoms. The average Bonchev–Trinajstić information content (AvgIpc) is 2.99. The van der Waals surface area contributed by atoms with Gasteiger partial charge in [0.25, 0.3) is 5.91 Å². The van der Waals surface area contributed by atoms with Crippen LogP contribution in [0.4, 0.5) is 0 Å². The third kappa shape index (κ3) is 3.80. The molecule has 0 fully saturated rings. The number of hydrogen-bond acceptors (Lipinski definition) is 4. The van der Waals surface area contributed by atoms with Crippen LogP contribution in [-0.2, 0) is 23.1 Å². The number of para-hydroxylation sites is 1. The standard InChI is InChI=1S/C20H21NO4S/c1-21(12-14-7-6-8-15(11-14)24-2)20(22)19-17(13-26(3)23)16-9-4-5-10-18(16)25-19/h4-11H,12-13H2,1-3H3/t26-/m0/s1. The lowest BCUT2D eigenvalue weighted by atomic mass is 10.1. The van der Waals surface area contributed by atoms with Gasteiger partial charge >= 0.3 is 0 Å². The molecular formula is C20H21NO4S. The molecule has 0 bridgehead atoms. The summed E-state index contributed by atoms with van der Waals surface area (Å²) in [7, 11) is 2.25. The van der Waals surface area contributed by atoms with Gasteiger partial charge in [-0.05, 0) is 23.8 Å². The lowest BCUT2D eigenvalue weighted by molar-refractivity contribution is 0.0754. The molecule has 1 amide bonds. The minimum absolute atomic E-state index is 0.232. The van der Waals surface area contributed by atoms with E-state index >= 15 is 0 Å². The van der Waals surface area contributed by atoms with Crippen LogP contribution in [0.25, 0.3) is 11.0 Å². The Labute approximate surface area is 155 Å². The minimum Gasteiger partial charge on any atom is -0.497 e. The third-order valence-electron chi connectivity index (χ3n) is 4.14. The van der Waals surface area contributed by atoms with Crippen LogP contribution in [0.5, 0.6) is 5.75 Å². The molecular weight excluding hydrogens is 350 g/mol. The molecule has 0 aliphatic carbocycles. The Hall–Kier alpha value is -2.60. The number of methoxy groups -OCH3 is 1. The molecule has 1 atom stereocenters. The molecule has 0 aliphatic rings. The normalized spacial score (nSPS) is 12.1. The summed E-state index contributed by atoms with van der Waals surface area (Å²) >= 11 is 0. The van der Waals surface area contributed by atoms with E-state index < -0.39 is 10.8 Å². The lowest BCUT2D eigenvalue weighted by Gasteiger charge is -2.17. The minimum atomic E-state index is -1.08. The van der Waals surface area contributed by atoms with Crippen molar-refractivity contribution in [2.45, 2.75) is 12.3 Å². The van der Waals surface area contributed by atoms with E-state index in [4.69, 9.17) is 9.15 Å². The van der Waals surface area contributed by atoms with Crippen molar-refractivity contribution in [1.82, 2.24) is 4.90 Å². The lowest BCUT2D eigenvalue weighted by Crippen LogP contribution is -2.26. The summed E-state index contributed by atoms with van der Waals surface area (Å²) in [5, 5.41) is 0.834. The second kappa shape index (κ2) is 7.74. The summed E-state index contributed by atoms with van der Waals surface area (Å²) in [5.41, 5.74) is 2.28. The largest absolute Gasteiger partial charge is 0.497 e. The molecule has 0 saturated carbocycles. The molecule has 0 saturated heterocycles. The van der Waals surface area contributed by atoms with Crippen LogP contribution in [0, 0.1) is 0 Å². The van der Waals surface area contributed by atoms with Crippen molar-refractivity contribution in [3.8, 4) is 5.75 Å². The van der Waals surface area contributed by atoms with Gasteiger partial charge in [-0.15, -0.1) is 0 Å². The highest BCUT2D eigenvalue weighted by atomic mass is 32.2. The van der Waals surface area contributed by atoms with Gasteiger partial charge in [-0.1, -0.05) is 30.3 Å². The summed E-state index contributed by atoms with van der Waals surface area (Å²) in [4.78, 5) is 14.6. The first-order valence-electron chi connectivity index (χ1n) is 8.18. The number of amides is 1. The molecule has 0 radical (unpaired) electrons. The van der Waals surface area contributed by atoms with Gasteiger partial charge in [0.15, 0.2) is 5.76 Å². The third-order valence-corrected chi connectivity index (χ3v) is 4.84. The number of carbonyl (C=O) groups is 1. The number of fused-ring (bicyclic) bond motifs is 1. The first-order valence-corrected chi connectivity index (χ1v) is 9.91. The molecule has 1 aromatic heterocycles. The summed E-state index contributed by atoms with van der Waals surface area (Å²) in [5.74, 6) is 1.05. The zero-order chi connectivity index (χ0) is 18.7. The molecule has 2 aromatic carbocycles. The second-order valence-corrected chi connectivity index (χ2v) is 7.57. The van der Waals surface area contributed by atoms with Crippen molar-refractivity contribution in [2.24, 2.45) is 0 Å². The molecule has 5 nitrogen and oxygen atoms in total. The highest BCUT2D eigenvalue weighted by Gasteiger charge is 2.24. The van der Waals surface area contributed by atoms with Gasteiger partial charge in [0.1, 0.15) is 11.3 Å². The monoisotopic (exact) mass is 371 g/mol. The van der Waals surface area contributed by atoms with Crippen LogP contribution in [0.3, 0.4) is 0 Å². The SMILES string of the molecule is COc1cccc(CN(C)C(=O)c2oc3ccccc3c2C[S@](C)=O)c1. The predicted octanol–water partition coefficient (Wildman–Crippen LogP) is 3.59. The maximum Gasteiger partial charge on any atom is 0.289 e. The number of furan rings is 1. The van der Waals surface area contributed by atoms with Crippen molar-refractivity contribution in [3.63, 3.8) is 0 Å². The maximum atomic E-state index is 13.0. The zero-order valence-corrected chi connectivity index (χ0v) is 15.8. The molecule has 1 heterocycles. The molecule has 0 spiro atoms. The maximum absolute atomic E-state index is 13.0. The first kappa shape index (κ1) is 18.2. The number of rotatable bonds is 6. The Morgan fingerprint density at radius 1 is 1.19 bits per heavy atom. The predicted molar refractivity (Wildman–Crippen MR) is 103 cm³/mol. The Morgan fingerprint density at radius 3 is 2.69 bits per heavy atom. The van der Waals surface area contributed by atoms with E-state index in [2.05, 4.69) is 0 Å². The number of benzene rings is 2. The van der Waals surface area contributed by atoms with E-state index in [-0.39, 0.29) is 17.4 Å². The number of carbonyl (C=O) groups excluding carboxylic acids is 1. The quantitative estimate of drug-likeness (QED) is 0.664. The fraction of sp³-hybridized carbons (Fsp3) is 0.250. The topological polar surface area (TPSA) is 59.8 Å². The van der Waals surface area contributed by atoms with Gasteiger partial charge in [0.2, 0.25) is 0 Å². The molecule has 3 aromatic rings. The molecule has 0 aliphatic heterocycles. The van der Waals surface area contributed by atoms with Gasteiger partial charge in [-0.2, -0.15) is 0 Å². The van der Waals surface area contributed by atoms with Crippen LogP contribution in [0.1, 0.15) is 21.7 Å².